The number of ether oxygens (including phenoxy) is 3. The number of benzene rings is 2. The second-order valence-electron chi connectivity index (χ2n) is 7.61. The van der Waals surface area contributed by atoms with E-state index in [4.69, 9.17) is 31.4 Å². The van der Waals surface area contributed by atoms with Crippen molar-refractivity contribution in [1.29, 1.82) is 0 Å². The van der Waals surface area contributed by atoms with Crippen molar-refractivity contribution in [1.82, 2.24) is 24.9 Å². The van der Waals surface area contributed by atoms with E-state index in [2.05, 4.69) is 20.3 Å². The molecule has 0 aliphatic heterocycles. The lowest BCUT2D eigenvalue weighted by atomic mass is 10.2. The van der Waals surface area contributed by atoms with Crippen molar-refractivity contribution >= 4 is 11.0 Å². The highest BCUT2D eigenvalue weighted by molar-refractivity contribution is 5.79. The summed E-state index contributed by atoms with van der Waals surface area (Å²) < 4.78 is 73.0. The molecule has 0 aliphatic rings. The van der Waals surface area contributed by atoms with Gasteiger partial charge in [-0.2, -0.15) is 4.98 Å². The maximum absolute atomic E-state index is 14.1. The summed E-state index contributed by atoms with van der Waals surface area (Å²) in [5, 5.41) is 23.4. The summed E-state index contributed by atoms with van der Waals surface area (Å²) in [4.78, 5) is 18.1. The lowest BCUT2D eigenvalue weighted by Gasteiger charge is -2.18. The van der Waals surface area contributed by atoms with Crippen LogP contribution < -0.4 is 15.0 Å². The second-order valence-corrected chi connectivity index (χ2v) is 7.61. The zero-order valence-corrected chi connectivity index (χ0v) is 19.3. The minimum Gasteiger partial charge on any atom is -0.494 e. The predicted octanol–water partition coefficient (Wildman–Crippen LogP) is 3.27. The van der Waals surface area contributed by atoms with Crippen molar-refractivity contribution in [2.45, 2.75) is 20.0 Å². The second kappa shape index (κ2) is 10.1. The van der Waals surface area contributed by atoms with Crippen LogP contribution >= 0.6 is 0 Å². The first-order valence-corrected chi connectivity index (χ1v) is 10.9. The normalized spacial score (nSPS) is 14.3. The number of methoxy groups -OCH3 is 2. The molecule has 3 heterocycles. The average molecular weight is 512 g/mol. The minimum absolute atomic E-state index is 0.0235. The summed E-state index contributed by atoms with van der Waals surface area (Å²) in [6.45, 7) is 1.49. The smallest absolute Gasteiger partial charge is 0.275 e. The number of hydrogen-bond acceptors (Lipinski definition) is 11. The fraction of sp³-hybridized carbons (Fsp3) is 0.240. The molecule has 0 fully saturated rings. The molecule has 12 nitrogen and oxygen atoms in total. The Balaban J connectivity index is 1.68. The molecule has 0 bridgehead atoms. The highest BCUT2D eigenvalue weighted by Crippen LogP contribution is 2.34. The van der Waals surface area contributed by atoms with Crippen LogP contribution in [0, 0.1) is 0 Å². The van der Waals surface area contributed by atoms with Crippen molar-refractivity contribution < 1.29 is 36.5 Å². The third-order valence-corrected chi connectivity index (χ3v) is 5.43. The molecule has 0 saturated heterocycles. The Kier molecular flexibility index (Phi) is 4.83. The van der Waals surface area contributed by atoms with Crippen LogP contribution in [0.1, 0.15) is 32.6 Å². The Morgan fingerprint density at radius 1 is 1.08 bits per heavy atom. The highest BCUT2D eigenvalue weighted by atomic mass is 16.5. The van der Waals surface area contributed by atoms with E-state index < -0.39 is 54.2 Å². The van der Waals surface area contributed by atoms with E-state index in [1.54, 1.807) is 31.2 Å². The van der Waals surface area contributed by atoms with Crippen LogP contribution in [0.5, 0.6) is 17.4 Å². The third kappa shape index (κ3) is 4.38. The van der Waals surface area contributed by atoms with E-state index in [1.807, 2.05) is 0 Å². The van der Waals surface area contributed by atoms with Crippen LogP contribution in [0.25, 0.3) is 28.1 Å². The predicted molar refractivity (Wildman–Crippen MR) is 130 cm³/mol. The first-order valence-electron chi connectivity index (χ1n) is 13.9. The van der Waals surface area contributed by atoms with Gasteiger partial charge in [0.25, 0.3) is 11.4 Å². The van der Waals surface area contributed by atoms with Crippen LogP contribution in [0.15, 0.2) is 56.2 Å². The van der Waals surface area contributed by atoms with Gasteiger partial charge in [-0.15, -0.1) is 10.2 Å². The number of rotatable bonds is 9. The summed E-state index contributed by atoms with van der Waals surface area (Å²) >= 11 is 0. The van der Waals surface area contributed by atoms with E-state index in [0.717, 1.165) is 4.57 Å². The van der Waals surface area contributed by atoms with Crippen LogP contribution in [0.4, 0.5) is 0 Å². The molecule has 190 valence electrons. The maximum Gasteiger partial charge on any atom is 0.275 e. The molecule has 0 atom stereocenters. The van der Waals surface area contributed by atoms with Gasteiger partial charge in [-0.3, -0.25) is 9.36 Å². The van der Waals surface area contributed by atoms with Crippen LogP contribution in [-0.4, -0.2) is 50.7 Å². The van der Waals surface area contributed by atoms with Gasteiger partial charge in [-0.1, -0.05) is 23.4 Å². The van der Waals surface area contributed by atoms with Crippen LogP contribution in [0.2, 0.25) is 0 Å². The first-order chi connectivity index (χ1) is 20.3. The number of para-hydroxylation sites is 2. The largest absolute Gasteiger partial charge is 0.494 e. The average Bonchev–Trinajstić information content (AvgIpc) is 3.54. The summed E-state index contributed by atoms with van der Waals surface area (Å²) in [6.07, 6.45) is 0.0284. The van der Waals surface area contributed by atoms with Crippen molar-refractivity contribution in [3.05, 3.63) is 70.2 Å². The molecule has 3 aromatic heterocycles. The molecule has 0 radical (unpaired) electrons. The highest BCUT2D eigenvalue weighted by Gasteiger charge is 2.27. The Bertz CT molecular complexity index is 1800. The SMILES string of the molecule is [2H]C([2H])([2H])Oc1cccc(OC([2H])([2H])[2H])c1-n1c(COCC)nc(O)c(-c2nnc(Cc3noc4ccccc34)o2)c1=O. The van der Waals surface area contributed by atoms with Crippen LogP contribution in [0.3, 0.4) is 0 Å². The van der Waals surface area contributed by atoms with Gasteiger partial charge in [0.1, 0.15) is 35.3 Å². The minimum atomic E-state index is -3.00. The lowest BCUT2D eigenvalue weighted by molar-refractivity contribution is 0.125. The lowest BCUT2D eigenvalue weighted by Crippen LogP contribution is -2.26. The molecular formula is C25H23N5O7. The van der Waals surface area contributed by atoms with E-state index >= 15 is 0 Å². The van der Waals surface area contributed by atoms with Crippen molar-refractivity contribution in [2.24, 2.45) is 0 Å². The molecule has 0 amide bonds. The first kappa shape index (κ1) is 17.7. The summed E-state index contributed by atoms with van der Waals surface area (Å²) in [5.74, 6) is -2.32. The van der Waals surface area contributed by atoms with Gasteiger partial charge in [0.05, 0.1) is 28.7 Å². The summed E-state index contributed by atoms with van der Waals surface area (Å²) in [7, 11) is -6.01. The van der Waals surface area contributed by atoms with Gasteiger partial charge in [0, 0.05) is 12.0 Å². The Morgan fingerprint density at radius 3 is 2.62 bits per heavy atom. The van der Waals surface area contributed by atoms with Gasteiger partial charge >= 0.3 is 0 Å². The van der Waals surface area contributed by atoms with Gasteiger partial charge in [0.2, 0.25) is 11.8 Å². The zero-order chi connectivity index (χ0) is 30.9. The number of aromatic nitrogens is 5. The number of aromatic hydroxyl groups is 1. The number of nitrogens with zero attached hydrogens (tertiary/aromatic N) is 5. The van der Waals surface area contributed by atoms with Gasteiger partial charge < -0.3 is 28.3 Å². The Morgan fingerprint density at radius 2 is 1.86 bits per heavy atom. The van der Waals surface area contributed by atoms with Gasteiger partial charge in [-0.05, 0) is 31.2 Å². The standard InChI is InChI=1S/C25H23N5O7/c1-4-35-13-19-26-23(31)21(25(32)30(19)22-17(33-2)10-7-11-18(22)34-3)24-28-27-20(36-24)12-15-14-8-5-6-9-16(14)37-29-15/h5-11,31H,4,12-13H2,1-3H3/i2D3,3D3. The van der Waals surface area contributed by atoms with E-state index in [0.29, 0.717) is 16.7 Å². The van der Waals surface area contributed by atoms with Crippen molar-refractivity contribution in [3.63, 3.8) is 0 Å². The molecular weight excluding hydrogens is 482 g/mol. The molecule has 37 heavy (non-hydrogen) atoms. The summed E-state index contributed by atoms with van der Waals surface area (Å²) in [5.41, 5.74) is -0.995. The molecule has 0 aliphatic carbocycles. The van der Waals surface area contributed by atoms with Crippen molar-refractivity contribution in [3.8, 4) is 34.5 Å². The Labute approximate surface area is 218 Å². The van der Waals surface area contributed by atoms with Crippen LogP contribution in [-0.2, 0) is 17.8 Å². The van der Waals surface area contributed by atoms with E-state index in [1.165, 1.54) is 18.2 Å². The molecule has 5 rings (SSSR count). The van der Waals surface area contributed by atoms with Crippen molar-refractivity contribution in [2.75, 3.05) is 20.7 Å². The molecule has 0 unspecified atom stereocenters. The van der Waals surface area contributed by atoms with Gasteiger partial charge in [0.15, 0.2) is 11.1 Å². The molecule has 0 spiro atoms. The molecule has 2 aromatic carbocycles. The number of hydrogen-bond donors (Lipinski definition) is 1. The Hall–Kier alpha value is -4.71. The molecule has 1 N–H and O–H groups in total. The fourth-order valence-corrected chi connectivity index (χ4v) is 3.78. The van der Waals surface area contributed by atoms with E-state index in [-0.39, 0.29) is 31.3 Å². The monoisotopic (exact) mass is 511 g/mol. The molecule has 5 aromatic rings. The van der Waals surface area contributed by atoms with E-state index in [9.17, 15) is 9.90 Å². The zero-order valence-electron chi connectivity index (χ0n) is 25.3. The quantitative estimate of drug-likeness (QED) is 0.311. The fourth-order valence-electron chi connectivity index (χ4n) is 3.78. The number of fused-ring (bicyclic) bond motifs is 1. The van der Waals surface area contributed by atoms with Gasteiger partial charge in [-0.25, -0.2) is 0 Å². The topological polar surface area (TPSA) is 148 Å². The third-order valence-electron chi connectivity index (χ3n) is 5.43. The molecule has 0 saturated carbocycles. The molecule has 12 heteroatoms. The maximum atomic E-state index is 14.1. The summed E-state index contributed by atoms with van der Waals surface area (Å²) in [6, 6.07) is 10.8.